The lowest BCUT2D eigenvalue weighted by molar-refractivity contribution is 0.342. The lowest BCUT2D eigenvalue weighted by Crippen LogP contribution is -2.07. The molecule has 7 nitrogen and oxygen atoms in total. The van der Waals surface area contributed by atoms with Crippen LogP contribution in [-0.2, 0) is 0 Å². The van der Waals surface area contributed by atoms with Gasteiger partial charge in [-0.15, -0.1) is 0 Å². The number of aromatic nitrogens is 2. The predicted molar refractivity (Wildman–Crippen MR) is 108 cm³/mol. The van der Waals surface area contributed by atoms with Crippen LogP contribution in [0.2, 0.25) is 0 Å². The zero-order valence-corrected chi connectivity index (χ0v) is 15.4. The highest BCUT2D eigenvalue weighted by Gasteiger charge is 2.12. The second-order valence-electron chi connectivity index (χ2n) is 5.59. The molecule has 0 aliphatic carbocycles. The van der Waals surface area contributed by atoms with Crippen LogP contribution in [0.4, 0.5) is 28.7 Å². The second kappa shape index (κ2) is 8.75. The highest BCUT2D eigenvalue weighted by Crippen LogP contribution is 2.34. The van der Waals surface area contributed by atoms with E-state index in [4.69, 9.17) is 15.2 Å². The van der Waals surface area contributed by atoms with Crippen molar-refractivity contribution in [2.24, 2.45) is 0 Å². The van der Waals surface area contributed by atoms with E-state index in [1.807, 2.05) is 62.4 Å². The molecule has 3 aromatic rings. The summed E-state index contributed by atoms with van der Waals surface area (Å²) in [5.41, 5.74) is 8.26. The first-order valence-electron chi connectivity index (χ1n) is 8.81. The van der Waals surface area contributed by atoms with Crippen LogP contribution < -0.4 is 25.8 Å². The molecule has 0 bridgehead atoms. The first-order chi connectivity index (χ1) is 13.2. The standard InChI is InChI=1S/C20H23N5O2/c1-3-26-16-11-7-5-9-14(16)24-19-18(21)20(23-13-22-19)25-15-10-6-8-12-17(15)27-4-2/h5-13H,3-4,21H2,1-2H3,(H2,22,23,24,25). The molecule has 0 saturated carbocycles. The largest absolute Gasteiger partial charge is 0.492 e. The lowest BCUT2D eigenvalue weighted by atomic mass is 10.2. The summed E-state index contributed by atoms with van der Waals surface area (Å²) in [4.78, 5) is 8.52. The number of hydrogen-bond donors (Lipinski definition) is 3. The molecule has 0 aliphatic heterocycles. The number of hydrogen-bond acceptors (Lipinski definition) is 7. The van der Waals surface area contributed by atoms with Gasteiger partial charge >= 0.3 is 0 Å². The van der Waals surface area contributed by atoms with E-state index >= 15 is 0 Å². The van der Waals surface area contributed by atoms with Gasteiger partial charge in [0.25, 0.3) is 0 Å². The Morgan fingerprint density at radius 2 is 1.22 bits per heavy atom. The Morgan fingerprint density at radius 3 is 1.67 bits per heavy atom. The minimum Gasteiger partial charge on any atom is -0.492 e. The summed E-state index contributed by atoms with van der Waals surface area (Å²) in [5, 5.41) is 6.44. The van der Waals surface area contributed by atoms with Crippen LogP contribution in [0.15, 0.2) is 54.9 Å². The first kappa shape index (κ1) is 18.3. The molecule has 4 N–H and O–H groups in total. The van der Waals surface area contributed by atoms with Crippen LogP contribution in [-0.4, -0.2) is 23.2 Å². The summed E-state index contributed by atoms with van der Waals surface area (Å²) >= 11 is 0. The van der Waals surface area contributed by atoms with Crippen LogP contribution in [0.3, 0.4) is 0 Å². The zero-order chi connectivity index (χ0) is 19.1. The number of nitrogens with zero attached hydrogens (tertiary/aromatic N) is 2. The molecule has 0 fully saturated rings. The number of anilines is 5. The number of nitrogens with one attached hydrogen (secondary N) is 2. The number of nitrogen functional groups attached to an aromatic ring is 1. The van der Waals surface area contributed by atoms with Gasteiger partial charge in [0.2, 0.25) is 0 Å². The second-order valence-corrected chi connectivity index (χ2v) is 5.59. The van der Waals surface area contributed by atoms with Gasteiger partial charge in [-0.25, -0.2) is 9.97 Å². The molecule has 7 heteroatoms. The number of nitrogens with two attached hydrogens (primary N) is 1. The van der Waals surface area contributed by atoms with Crippen molar-refractivity contribution in [3.63, 3.8) is 0 Å². The monoisotopic (exact) mass is 365 g/mol. The van der Waals surface area contributed by atoms with Gasteiger partial charge in [-0.1, -0.05) is 24.3 Å². The van der Waals surface area contributed by atoms with Crippen molar-refractivity contribution in [1.82, 2.24) is 9.97 Å². The third kappa shape index (κ3) is 4.38. The minimum absolute atomic E-state index is 0.398. The van der Waals surface area contributed by atoms with Gasteiger partial charge in [0.1, 0.15) is 23.5 Å². The average Bonchev–Trinajstić information content (AvgIpc) is 2.68. The smallest absolute Gasteiger partial charge is 0.159 e. The molecule has 3 rings (SSSR count). The maximum atomic E-state index is 6.30. The van der Waals surface area contributed by atoms with E-state index in [1.165, 1.54) is 6.33 Å². The fourth-order valence-corrected chi connectivity index (χ4v) is 2.55. The zero-order valence-electron chi connectivity index (χ0n) is 15.4. The predicted octanol–water partition coefficient (Wildman–Crippen LogP) is 4.34. The van der Waals surface area contributed by atoms with E-state index in [9.17, 15) is 0 Å². The van der Waals surface area contributed by atoms with Gasteiger partial charge in [0.05, 0.1) is 24.6 Å². The summed E-state index contributed by atoms with van der Waals surface area (Å²) in [5.74, 6) is 2.45. The molecular weight excluding hydrogens is 342 g/mol. The Labute approximate surface area is 158 Å². The van der Waals surface area contributed by atoms with Gasteiger partial charge in [0, 0.05) is 0 Å². The topological polar surface area (TPSA) is 94.3 Å². The van der Waals surface area contributed by atoms with Gasteiger partial charge < -0.3 is 25.8 Å². The Morgan fingerprint density at radius 1 is 0.778 bits per heavy atom. The normalized spacial score (nSPS) is 10.3. The maximum Gasteiger partial charge on any atom is 0.159 e. The molecule has 0 spiro atoms. The molecule has 1 aromatic heterocycles. The van der Waals surface area contributed by atoms with E-state index in [1.54, 1.807) is 0 Å². The van der Waals surface area contributed by atoms with Crippen molar-refractivity contribution in [3.8, 4) is 11.5 Å². The van der Waals surface area contributed by atoms with E-state index in [0.717, 1.165) is 22.9 Å². The number of benzene rings is 2. The Kier molecular flexibility index (Phi) is 5.94. The third-order valence-electron chi connectivity index (χ3n) is 3.76. The van der Waals surface area contributed by atoms with Crippen molar-refractivity contribution in [3.05, 3.63) is 54.9 Å². The Hall–Kier alpha value is -3.48. The van der Waals surface area contributed by atoms with Crippen molar-refractivity contribution < 1.29 is 9.47 Å². The van der Waals surface area contributed by atoms with Gasteiger partial charge in [-0.3, -0.25) is 0 Å². The molecule has 0 aliphatic rings. The van der Waals surface area contributed by atoms with E-state index in [0.29, 0.717) is 30.5 Å². The molecule has 140 valence electrons. The molecule has 2 aromatic carbocycles. The highest BCUT2D eigenvalue weighted by atomic mass is 16.5. The van der Waals surface area contributed by atoms with Crippen molar-refractivity contribution in [1.29, 1.82) is 0 Å². The van der Waals surface area contributed by atoms with Crippen LogP contribution in [0, 0.1) is 0 Å². The molecule has 27 heavy (non-hydrogen) atoms. The first-order valence-corrected chi connectivity index (χ1v) is 8.81. The van der Waals surface area contributed by atoms with Crippen LogP contribution in [0.1, 0.15) is 13.8 Å². The summed E-state index contributed by atoms with van der Waals surface area (Å²) < 4.78 is 11.3. The fraction of sp³-hybridized carbons (Fsp3) is 0.200. The Bertz CT molecular complexity index is 831. The summed E-state index contributed by atoms with van der Waals surface area (Å²) in [6, 6.07) is 15.3. The number of para-hydroxylation sites is 4. The SMILES string of the molecule is CCOc1ccccc1Nc1ncnc(Nc2ccccc2OCC)c1N. The molecule has 0 atom stereocenters. The number of ether oxygens (including phenoxy) is 2. The van der Waals surface area contributed by atoms with Crippen LogP contribution >= 0.6 is 0 Å². The molecule has 0 amide bonds. The van der Waals surface area contributed by atoms with Gasteiger partial charge in [0.15, 0.2) is 11.6 Å². The van der Waals surface area contributed by atoms with E-state index in [2.05, 4.69) is 20.6 Å². The summed E-state index contributed by atoms with van der Waals surface area (Å²) in [6.45, 7) is 5.01. The van der Waals surface area contributed by atoms with Crippen molar-refractivity contribution >= 4 is 28.7 Å². The molecule has 0 saturated heterocycles. The van der Waals surface area contributed by atoms with Crippen molar-refractivity contribution in [2.75, 3.05) is 29.6 Å². The van der Waals surface area contributed by atoms with Gasteiger partial charge in [-0.05, 0) is 38.1 Å². The highest BCUT2D eigenvalue weighted by molar-refractivity contribution is 5.82. The molecule has 0 unspecified atom stereocenters. The summed E-state index contributed by atoms with van der Waals surface area (Å²) in [6.07, 6.45) is 1.45. The van der Waals surface area contributed by atoms with E-state index < -0.39 is 0 Å². The Balaban J connectivity index is 1.87. The maximum absolute atomic E-state index is 6.30. The van der Waals surface area contributed by atoms with Crippen LogP contribution in [0.5, 0.6) is 11.5 Å². The lowest BCUT2D eigenvalue weighted by Gasteiger charge is -2.16. The molecule has 0 radical (unpaired) electrons. The average molecular weight is 365 g/mol. The van der Waals surface area contributed by atoms with Gasteiger partial charge in [-0.2, -0.15) is 0 Å². The quantitative estimate of drug-likeness (QED) is 0.546. The summed E-state index contributed by atoms with van der Waals surface area (Å²) in [7, 11) is 0. The van der Waals surface area contributed by atoms with Crippen molar-refractivity contribution in [2.45, 2.75) is 13.8 Å². The fourth-order valence-electron chi connectivity index (χ4n) is 2.55. The molecule has 1 heterocycles. The third-order valence-corrected chi connectivity index (χ3v) is 3.76. The van der Waals surface area contributed by atoms with E-state index in [-0.39, 0.29) is 0 Å². The molecular formula is C20H23N5O2. The van der Waals surface area contributed by atoms with Crippen LogP contribution in [0.25, 0.3) is 0 Å². The minimum atomic E-state index is 0.398. The number of rotatable bonds is 8.